The average molecular weight is 354 g/mol. The molecule has 3 aromatic rings. The lowest BCUT2D eigenvalue weighted by Crippen LogP contribution is -2.42. The summed E-state index contributed by atoms with van der Waals surface area (Å²) in [6.07, 6.45) is 2.84. The fraction of sp³-hybridized carbons (Fsp3) is 0.200. The number of methoxy groups -OCH3 is 2. The van der Waals surface area contributed by atoms with Gasteiger partial charge in [-0.15, -0.1) is 6.58 Å². The van der Waals surface area contributed by atoms with Crippen LogP contribution >= 0.6 is 0 Å². The summed E-state index contributed by atoms with van der Waals surface area (Å²) in [6.45, 7) is 4.11. The van der Waals surface area contributed by atoms with Gasteiger partial charge in [-0.2, -0.15) is 0 Å². The topological polar surface area (TPSA) is 18.5 Å². The molecule has 27 heavy (non-hydrogen) atoms. The number of rotatable bonds is 4. The minimum absolute atomic E-state index is 0.157. The highest BCUT2D eigenvalue weighted by atomic mass is 16.5. The molecular formula is C25H22O2. The van der Waals surface area contributed by atoms with Crippen molar-refractivity contribution in [3.8, 4) is 11.5 Å². The maximum atomic E-state index is 5.88. The molecule has 3 aromatic carbocycles. The van der Waals surface area contributed by atoms with Gasteiger partial charge in [-0.1, -0.05) is 54.6 Å². The van der Waals surface area contributed by atoms with Crippen molar-refractivity contribution in [1.29, 1.82) is 0 Å². The number of hydrogen-bond acceptors (Lipinski definition) is 2. The van der Waals surface area contributed by atoms with Crippen LogP contribution in [0.5, 0.6) is 11.5 Å². The van der Waals surface area contributed by atoms with Crippen LogP contribution in [0, 0.1) is 0 Å². The van der Waals surface area contributed by atoms with E-state index in [4.69, 9.17) is 9.47 Å². The van der Waals surface area contributed by atoms with Gasteiger partial charge in [-0.3, -0.25) is 0 Å². The second-order valence-corrected chi connectivity index (χ2v) is 7.26. The van der Waals surface area contributed by atoms with E-state index >= 15 is 0 Å². The average Bonchev–Trinajstić information content (AvgIpc) is 2.73. The summed E-state index contributed by atoms with van der Waals surface area (Å²) in [5, 5.41) is 0. The molecule has 0 aliphatic heterocycles. The van der Waals surface area contributed by atoms with E-state index in [1.165, 1.54) is 33.4 Å². The number of benzene rings is 3. The van der Waals surface area contributed by atoms with E-state index in [2.05, 4.69) is 55.1 Å². The fourth-order valence-electron chi connectivity index (χ4n) is 5.36. The van der Waals surface area contributed by atoms with E-state index in [1.54, 1.807) is 14.2 Å². The van der Waals surface area contributed by atoms with Gasteiger partial charge >= 0.3 is 0 Å². The van der Waals surface area contributed by atoms with Crippen molar-refractivity contribution in [2.24, 2.45) is 0 Å². The second kappa shape index (κ2) is 5.75. The zero-order chi connectivity index (χ0) is 18.6. The minimum Gasteiger partial charge on any atom is -0.496 e. The second-order valence-electron chi connectivity index (χ2n) is 7.26. The maximum Gasteiger partial charge on any atom is 0.123 e. The molecule has 0 saturated heterocycles. The van der Waals surface area contributed by atoms with Gasteiger partial charge in [0.25, 0.3) is 0 Å². The van der Waals surface area contributed by atoms with Crippen LogP contribution in [0.4, 0.5) is 0 Å². The quantitative estimate of drug-likeness (QED) is 0.582. The Morgan fingerprint density at radius 1 is 0.852 bits per heavy atom. The van der Waals surface area contributed by atoms with Crippen LogP contribution < -0.4 is 9.47 Å². The smallest absolute Gasteiger partial charge is 0.123 e. The summed E-state index contributed by atoms with van der Waals surface area (Å²) in [5.41, 5.74) is 7.58. The summed E-state index contributed by atoms with van der Waals surface area (Å²) in [7, 11) is 3.51. The van der Waals surface area contributed by atoms with Crippen LogP contribution in [0.25, 0.3) is 0 Å². The van der Waals surface area contributed by atoms with Crippen molar-refractivity contribution in [2.45, 2.75) is 17.8 Å². The lowest BCUT2D eigenvalue weighted by atomic mass is 9.51. The molecule has 2 nitrogen and oxygen atoms in total. The molecule has 3 aliphatic rings. The van der Waals surface area contributed by atoms with Crippen LogP contribution in [0.3, 0.4) is 0 Å². The van der Waals surface area contributed by atoms with Crippen molar-refractivity contribution < 1.29 is 9.47 Å². The highest BCUT2D eigenvalue weighted by Gasteiger charge is 2.53. The van der Waals surface area contributed by atoms with Crippen LogP contribution in [0.1, 0.15) is 45.7 Å². The zero-order valence-corrected chi connectivity index (χ0v) is 15.7. The summed E-state index contributed by atoms with van der Waals surface area (Å²) in [6, 6.07) is 21.7. The zero-order valence-electron chi connectivity index (χ0n) is 15.7. The van der Waals surface area contributed by atoms with Crippen molar-refractivity contribution in [3.63, 3.8) is 0 Å². The van der Waals surface area contributed by atoms with E-state index in [0.29, 0.717) is 0 Å². The standard InChI is InChI=1S/C25H22O2/c1-4-15-25-18-11-7-5-9-16(18)22(17-10-6-8-12-19(17)25)23-20(26-2)13-14-21(27-3)24(23)25/h4-14,22H,1,15H2,2-3H3. The highest BCUT2D eigenvalue weighted by Crippen LogP contribution is 2.64. The lowest BCUT2D eigenvalue weighted by molar-refractivity contribution is 0.377. The number of hydrogen-bond donors (Lipinski definition) is 0. The molecule has 0 atom stereocenters. The van der Waals surface area contributed by atoms with E-state index in [9.17, 15) is 0 Å². The molecule has 0 aromatic heterocycles. The highest BCUT2D eigenvalue weighted by molar-refractivity contribution is 5.76. The normalized spacial score (nSPS) is 21.0. The largest absolute Gasteiger partial charge is 0.496 e. The van der Waals surface area contributed by atoms with Gasteiger partial charge in [-0.25, -0.2) is 0 Å². The number of allylic oxidation sites excluding steroid dienone is 1. The van der Waals surface area contributed by atoms with Crippen molar-refractivity contribution >= 4 is 0 Å². The summed E-state index contributed by atoms with van der Waals surface area (Å²) in [5.74, 6) is 2.00. The van der Waals surface area contributed by atoms with Crippen molar-refractivity contribution in [1.82, 2.24) is 0 Å². The van der Waals surface area contributed by atoms with Gasteiger partial charge in [0.1, 0.15) is 11.5 Å². The monoisotopic (exact) mass is 354 g/mol. The molecule has 3 aliphatic carbocycles. The Hall–Kier alpha value is -3.00. The van der Waals surface area contributed by atoms with Gasteiger partial charge in [-0.05, 0) is 40.8 Å². The van der Waals surface area contributed by atoms with Crippen LogP contribution in [-0.2, 0) is 5.41 Å². The van der Waals surface area contributed by atoms with Crippen LogP contribution in [-0.4, -0.2) is 14.2 Å². The van der Waals surface area contributed by atoms with Crippen molar-refractivity contribution in [3.05, 3.63) is 107 Å². The Morgan fingerprint density at radius 3 is 1.96 bits per heavy atom. The Kier molecular flexibility index (Phi) is 3.45. The Balaban J connectivity index is 2.02. The third-order valence-corrected chi connectivity index (χ3v) is 6.24. The van der Waals surface area contributed by atoms with Crippen molar-refractivity contribution in [2.75, 3.05) is 14.2 Å². The van der Waals surface area contributed by atoms with E-state index in [-0.39, 0.29) is 11.3 Å². The van der Waals surface area contributed by atoms with E-state index in [0.717, 1.165) is 17.9 Å². The predicted molar refractivity (Wildman–Crippen MR) is 108 cm³/mol. The summed E-state index contributed by atoms with van der Waals surface area (Å²) < 4.78 is 11.7. The van der Waals surface area contributed by atoms with Gasteiger partial charge in [0.15, 0.2) is 0 Å². The third kappa shape index (κ3) is 1.85. The molecule has 134 valence electrons. The molecular weight excluding hydrogens is 332 g/mol. The molecule has 2 heteroatoms. The Labute approximate surface area is 160 Å². The van der Waals surface area contributed by atoms with E-state index in [1.807, 2.05) is 18.2 Å². The molecule has 0 saturated carbocycles. The van der Waals surface area contributed by atoms with Crippen LogP contribution in [0.15, 0.2) is 73.3 Å². The lowest BCUT2D eigenvalue weighted by Gasteiger charge is -2.51. The van der Waals surface area contributed by atoms with Gasteiger partial charge in [0.2, 0.25) is 0 Å². The molecule has 2 bridgehead atoms. The first-order valence-corrected chi connectivity index (χ1v) is 9.33. The fourth-order valence-corrected chi connectivity index (χ4v) is 5.36. The SMILES string of the molecule is C=CCC12c3ccccc3C(c3ccccc31)c1c(OC)ccc(OC)c12. The molecule has 0 unspecified atom stereocenters. The molecule has 6 rings (SSSR count). The molecule has 0 amide bonds. The molecule has 0 radical (unpaired) electrons. The Bertz CT molecular complexity index is 1020. The first-order valence-electron chi connectivity index (χ1n) is 9.33. The molecule has 0 spiro atoms. The Morgan fingerprint density at radius 2 is 1.41 bits per heavy atom. The predicted octanol–water partition coefficient (Wildman–Crippen LogP) is 5.42. The third-order valence-electron chi connectivity index (χ3n) is 6.24. The molecule has 0 fully saturated rings. The first-order chi connectivity index (χ1) is 13.3. The molecule has 0 heterocycles. The van der Waals surface area contributed by atoms with Gasteiger partial charge in [0.05, 0.1) is 19.6 Å². The summed E-state index contributed by atoms with van der Waals surface area (Å²) >= 11 is 0. The minimum atomic E-state index is -0.307. The van der Waals surface area contributed by atoms with Gasteiger partial charge in [0, 0.05) is 17.0 Å². The van der Waals surface area contributed by atoms with Gasteiger partial charge < -0.3 is 9.47 Å². The molecule has 0 N–H and O–H groups in total. The first kappa shape index (κ1) is 16.2. The maximum absolute atomic E-state index is 5.88. The number of ether oxygens (including phenoxy) is 2. The van der Waals surface area contributed by atoms with E-state index < -0.39 is 0 Å². The van der Waals surface area contributed by atoms with Crippen LogP contribution in [0.2, 0.25) is 0 Å². The summed E-state index contributed by atoms with van der Waals surface area (Å²) in [4.78, 5) is 0.